The van der Waals surface area contributed by atoms with Crippen LogP contribution in [0.3, 0.4) is 0 Å². The average molecular weight is 302 g/mol. The minimum atomic E-state index is -0.523. The lowest BCUT2D eigenvalue weighted by Gasteiger charge is -2.43. The molecule has 0 aromatic carbocycles. The SMILES string of the molecule is C#CCOCC(O)CN1C[C@H]2C[C@@H](C1)c1cccc(=O)n1C2. The zero-order valence-corrected chi connectivity index (χ0v) is 12.6. The molecule has 0 amide bonds. The first-order chi connectivity index (χ1) is 10.7. The van der Waals surface area contributed by atoms with E-state index in [0.717, 1.165) is 31.7 Å². The van der Waals surface area contributed by atoms with Gasteiger partial charge in [-0.1, -0.05) is 12.0 Å². The van der Waals surface area contributed by atoms with Crippen molar-refractivity contribution in [3.05, 3.63) is 34.2 Å². The molecule has 5 heteroatoms. The number of ether oxygens (including phenoxy) is 1. The van der Waals surface area contributed by atoms with Crippen LogP contribution < -0.4 is 5.56 Å². The number of fused-ring (bicyclic) bond motifs is 4. The topological polar surface area (TPSA) is 54.7 Å². The summed E-state index contributed by atoms with van der Waals surface area (Å²) in [5.74, 6) is 3.25. The second kappa shape index (κ2) is 6.66. The van der Waals surface area contributed by atoms with E-state index in [1.807, 2.05) is 10.6 Å². The summed E-state index contributed by atoms with van der Waals surface area (Å²) in [4.78, 5) is 14.3. The van der Waals surface area contributed by atoms with E-state index >= 15 is 0 Å². The predicted molar refractivity (Wildman–Crippen MR) is 83.6 cm³/mol. The normalized spacial score (nSPS) is 25.3. The van der Waals surface area contributed by atoms with Crippen LogP contribution in [0.15, 0.2) is 23.0 Å². The van der Waals surface area contributed by atoms with Gasteiger partial charge in [-0.2, -0.15) is 0 Å². The van der Waals surface area contributed by atoms with Crippen LogP contribution in [0.4, 0.5) is 0 Å². The van der Waals surface area contributed by atoms with Gasteiger partial charge in [0.05, 0.1) is 12.7 Å². The molecule has 2 aliphatic heterocycles. The van der Waals surface area contributed by atoms with Crippen molar-refractivity contribution in [1.82, 2.24) is 9.47 Å². The molecule has 1 fully saturated rings. The number of aromatic nitrogens is 1. The maximum atomic E-state index is 12.0. The molecule has 1 aromatic heterocycles. The molecule has 1 unspecified atom stereocenters. The number of nitrogens with zero attached hydrogens (tertiary/aromatic N) is 2. The Balaban J connectivity index is 1.64. The van der Waals surface area contributed by atoms with Gasteiger partial charge in [-0.25, -0.2) is 0 Å². The Kier molecular flexibility index (Phi) is 4.63. The zero-order chi connectivity index (χ0) is 15.5. The summed E-state index contributed by atoms with van der Waals surface area (Å²) >= 11 is 0. The van der Waals surface area contributed by atoms with Gasteiger partial charge in [-0.3, -0.25) is 9.69 Å². The summed E-state index contributed by atoms with van der Waals surface area (Å²) in [7, 11) is 0. The summed E-state index contributed by atoms with van der Waals surface area (Å²) in [6.07, 6.45) is 5.73. The Bertz CT molecular complexity index is 619. The number of pyridine rings is 1. The molecule has 0 aliphatic carbocycles. The summed E-state index contributed by atoms with van der Waals surface area (Å²) in [5, 5.41) is 10.0. The third kappa shape index (κ3) is 3.25. The Morgan fingerprint density at radius 2 is 2.27 bits per heavy atom. The summed E-state index contributed by atoms with van der Waals surface area (Å²) in [6.45, 7) is 3.68. The number of aliphatic hydroxyl groups is 1. The van der Waals surface area contributed by atoms with E-state index in [4.69, 9.17) is 11.2 Å². The molecule has 3 rings (SSSR count). The van der Waals surface area contributed by atoms with E-state index in [1.165, 1.54) is 0 Å². The van der Waals surface area contributed by atoms with Crippen LogP contribution in [0.5, 0.6) is 0 Å². The van der Waals surface area contributed by atoms with Gasteiger partial charge in [-0.05, 0) is 18.4 Å². The van der Waals surface area contributed by atoms with Gasteiger partial charge < -0.3 is 14.4 Å². The number of hydrogen-bond donors (Lipinski definition) is 1. The molecule has 1 aromatic rings. The fourth-order valence-electron chi connectivity index (χ4n) is 3.75. The number of terminal acetylenes is 1. The lowest BCUT2D eigenvalue weighted by atomic mass is 9.83. The first-order valence-corrected chi connectivity index (χ1v) is 7.78. The molecule has 118 valence electrons. The number of aliphatic hydroxyl groups excluding tert-OH is 1. The monoisotopic (exact) mass is 302 g/mol. The second-order valence-electron chi connectivity index (χ2n) is 6.29. The van der Waals surface area contributed by atoms with Gasteiger partial charge in [0.2, 0.25) is 0 Å². The van der Waals surface area contributed by atoms with Crippen LogP contribution in [-0.2, 0) is 11.3 Å². The number of piperidine rings is 1. The maximum absolute atomic E-state index is 12.0. The molecule has 3 atom stereocenters. The molecule has 1 N–H and O–H groups in total. The van der Waals surface area contributed by atoms with Gasteiger partial charge >= 0.3 is 0 Å². The van der Waals surface area contributed by atoms with Gasteiger partial charge in [0.1, 0.15) is 6.61 Å². The highest BCUT2D eigenvalue weighted by Crippen LogP contribution is 2.34. The van der Waals surface area contributed by atoms with Crippen LogP contribution in [-0.4, -0.2) is 53.5 Å². The molecule has 22 heavy (non-hydrogen) atoms. The highest BCUT2D eigenvalue weighted by atomic mass is 16.5. The maximum Gasteiger partial charge on any atom is 0.250 e. The Morgan fingerprint density at radius 3 is 3.09 bits per heavy atom. The van der Waals surface area contributed by atoms with Crippen molar-refractivity contribution in [2.45, 2.75) is 25.0 Å². The first kappa shape index (κ1) is 15.3. The van der Waals surface area contributed by atoms with Crippen molar-refractivity contribution in [2.24, 2.45) is 5.92 Å². The van der Waals surface area contributed by atoms with Crippen molar-refractivity contribution in [3.63, 3.8) is 0 Å². The molecular formula is C17H22N2O3. The first-order valence-electron chi connectivity index (χ1n) is 7.78. The van der Waals surface area contributed by atoms with Crippen LogP contribution in [0.1, 0.15) is 18.0 Å². The van der Waals surface area contributed by atoms with Crippen molar-refractivity contribution >= 4 is 0 Å². The van der Waals surface area contributed by atoms with E-state index in [2.05, 4.69) is 16.9 Å². The third-order valence-electron chi connectivity index (χ3n) is 4.52. The molecule has 0 radical (unpaired) electrons. The number of likely N-dealkylation sites (tertiary alicyclic amines) is 1. The zero-order valence-electron chi connectivity index (χ0n) is 12.6. The van der Waals surface area contributed by atoms with Crippen LogP contribution >= 0.6 is 0 Å². The van der Waals surface area contributed by atoms with E-state index in [0.29, 0.717) is 18.4 Å². The van der Waals surface area contributed by atoms with Gasteiger partial charge in [0, 0.05) is 43.9 Å². The largest absolute Gasteiger partial charge is 0.389 e. The van der Waals surface area contributed by atoms with Crippen LogP contribution in [0, 0.1) is 18.3 Å². The second-order valence-corrected chi connectivity index (χ2v) is 6.29. The molecule has 2 aliphatic rings. The van der Waals surface area contributed by atoms with E-state index < -0.39 is 6.10 Å². The lowest BCUT2D eigenvalue weighted by molar-refractivity contribution is 0.0112. The van der Waals surface area contributed by atoms with E-state index in [9.17, 15) is 9.90 Å². The highest BCUT2D eigenvalue weighted by molar-refractivity contribution is 5.16. The molecular weight excluding hydrogens is 280 g/mol. The van der Waals surface area contributed by atoms with Crippen LogP contribution in [0.25, 0.3) is 0 Å². The minimum absolute atomic E-state index is 0.100. The Labute approximate surface area is 130 Å². The molecule has 0 saturated carbocycles. The van der Waals surface area contributed by atoms with Gasteiger partial charge in [0.15, 0.2) is 0 Å². The van der Waals surface area contributed by atoms with Crippen molar-refractivity contribution in [3.8, 4) is 12.3 Å². The Morgan fingerprint density at radius 1 is 1.41 bits per heavy atom. The highest BCUT2D eigenvalue weighted by Gasteiger charge is 2.34. The van der Waals surface area contributed by atoms with Crippen molar-refractivity contribution in [1.29, 1.82) is 0 Å². The Hall–Kier alpha value is -1.61. The summed E-state index contributed by atoms with van der Waals surface area (Å²) in [6, 6.07) is 5.53. The van der Waals surface area contributed by atoms with E-state index in [-0.39, 0.29) is 18.8 Å². The molecule has 5 nitrogen and oxygen atoms in total. The standard InChI is InChI=1S/C17H22N2O3/c1-2-6-22-12-15(20)11-18-8-13-7-14(10-18)16-4-3-5-17(21)19(16)9-13/h1,3-5,13-15,20H,6-12H2/t13-,14+,15?/m1/s1. The number of hydrogen-bond acceptors (Lipinski definition) is 4. The number of rotatable bonds is 5. The minimum Gasteiger partial charge on any atom is -0.389 e. The number of β-amino-alcohol motifs (C(OH)–C–C–N with tert-alkyl or cyclic N) is 1. The average Bonchev–Trinajstić information content (AvgIpc) is 2.48. The van der Waals surface area contributed by atoms with Crippen molar-refractivity contribution < 1.29 is 9.84 Å². The molecule has 3 heterocycles. The molecule has 2 bridgehead atoms. The van der Waals surface area contributed by atoms with Gasteiger partial charge in [0.25, 0.3) is 5.56 Å². The third-order valence-corrected chi connectivity index (χ3v) is 4.52. The fourth-order valence-corrected chi connectivity index (χ4v) is 3.75. The fraction of sp³-hybridized carbons (Fsp3) is 0.588. The van der Waals surface area contributed by atoms with Crippen LogP contribution in [0.2, 0.25) is 0 Å². The van der Waals surface area contributed by atoms with Crippen molar-refractivity contribution in [2.75, 3.05) is 32.8 Å². The summed E-state index contributed by atoms with van der Waals surface area (Å²) < 4.78 is 7.11. The smallest absolute Gasteiger partial charge is 0.250 e. The quantitative estimate of drug-likeness (QED) is 0.627. The van der Waals surface area contributed by atoms with Gasteiger partial charge in [-0.15, -0.1) is 6.42 Å². The predicted octanol–water partition coefficient (Wildman–Crippen LogP) is 0.278. The molecule has 0 spiro atoms. The lowest BCUT2D eigenvalue weighted by Crippen LogP contribution is -2.49. The van der Waals surface area contributed by atoms with E-state index in [1.54, 1.807) is 6.07 Å². The summed E-state index contributed by atoms with van der Waals surface area (Å²) in [5.41, 5.74) is 1.23. The molecule has 1 saturated heterocycles.